The van der Waals surface area contributed by atoms with Gasteiger partial charge in [-0.1, -0.05) is 64.7 Å². The van der Waals surface area contributed by atoms with E-state index in [0.29, 0.717) is 6.54 Å². The van der Waals surface area contributed by atoms with Crippen molar-refractivity contribution in [1.29, 1.82) is 0 Å². The van der Waals surface area contributed by atoms with Gasteiger partial charge in [-0.05, 0) is 6.42 Å². The Morgan fingerprint density at radius 1 is 0.960 bits per heavy atom. The summed E-state index contributed by atoms with van der Waals surface area (Å²) in [4.78, 5) is 22.1. The van der Waals surface area contributed by atoms with Crippen LogP contribution in [0.3, 0.4) is 0 Å². The van der Waals surface area contributed by atoms with Crippen molar-refractivity contribution >= 4 is 22.0 Å². The van der Waals surface area contributed by atoms with E-state index < -0.39 is 33.7 Å². The van der Waals surface area contributed by atoms with Gasteiger partial charge in [-0.15, -0.1) is 0 Å². The Hall–Kier alpha value is -0.150. The molecule has 0 aliphatic rings. The second kappa shape index (κ2) is 16.1. The van der Waals surface area contributed by atoms with Crippen LogP contribution >= 0.6 is 0 Å². The molecule has 142 valence electrons. The molecule has 0 aromatic rings. The minimum absolute atomic E-state index is 0. The summed E-state index contributed by atoms with van der Waals surface area (Å²) in [5.41, 5.74) is 0. The number of carboxylic acids is 1. The van der Waals surface area contributed by atoms with Gasteiger partial charge in [-0.3, -0.25) is 9.35 Å². The Balaban J connectivity index is 0. The topological polar surface area (TPSA) is 124 Å². The van der Waals surface area contributed by atoms with Crippen LogP contribution in [0.25, 0.3) is 0 Å². The second-order valence-corrected chi connectivity index (χ2v) is 7.66. The monoisotopic (exact) mass is 387 g/mol. The standard InChI is InChI=1S/C16H31NO6S.Na/c1-2-3-4-5-6-7-8-9-10-11-12-17-15(18)13-14(16(19)20)24(21,22)23;/h14H,2-13H2,1H3,(H,17,18)(H,19,20)(H,21,22,23);/q;+1/p-1. The molecule has 9 heteroatoms. The van der Waals surface area contributed by atoms with Crippen LogP contribution in [0.2, 0.25) is 0 Å². The molecule has 0 spiro atoms. The SMILES string of the molecule is CCCCCCCCCCCCNC(=O)CC(C(=O)[O-])S(=O)(=O)O.[Na+]. The number of carbonyl (C=O) groups is 2. The number of nitrogens with one attached hydrogen (secondary N) is 1. The summed E-state index contributed by atoms with van der Waals surface area (Å²) in [6.45, 7) is 2.56. The number of carbonyl (C=O) groups excluding carboxylic acids is 2. The van der Waals surface area contributed by atoms with Crippen molar-refractivity contribution in [1.82, 2.24) is 5.32 Å². The molecule has 0 aliphatic heterocycles. The van der Waals surface area contributed by atoms with Crippen LogP contribution < -0.4 is 40.0 Å². The molecule has 0 rings (SSSR count). The van der Waals surface area contributed by atoms with Crippen LogP contribution in [0.1, 0.15) is 77.6 Å². The third-order valence-corrected chi connectivity index (χ3v) is 4.92. The average Bonchev–Trinajstić information content (AvgIpc) is 2.48. The Bertz CT molecular complexity index is 469. The zero-order chi connectivity index (χ0) is 18.4. The molecule has 0 aromatic heterocycles. The van der Waals surface area contributed by atoms with Gasteiger partial charge in [0.2, 0.25) is 5.91 Å². The summed E-state index contributed by atoms with van der Waals surface area (Å²) in [5, 5.41) is 10.9. The van der Waals surface area contributed by atoms with Crippen molar-refractivity contribution in [2.45, 2.75) is 82.8 Å². The molecule has 0 saturated carbocycles. The molecule has 1 unspecified atom stereocenters. The van der Waals surface area contributed by atoms with E-state index in [1.54, 1.807) is 0 Å². The predicted molar refractivity (Wildman–Crippen MR) is 89.8 cm³/mol. The summed E-state index contributed by atoms with van der Waals surface area (Å²) in [7, 11) is -4.84. The van der Waals surface area contributed by atoms with E-state index in [1.165, 1.54) is 38.5 Å². The summed E-state index contributed by atoms with van der Waals surface area (Å²) >= 11 is 0. The van der Waals surface area contributed by atoms with Gasteiger partial charge in [0.15, 0.2) is 0 Å². The second-order valence-electron chi connectivity index (χ2n) is 6.06. The molecule has 0 heterocycles. The Labute approximate surface area is 173 Å². The van der Waals surface area contributed by atoms with Gasteiger partial charge >= 0.3 is 29.6 Å². The van der Waals surface area contributed by atoms with Gasteiger partial charge in [0, 0.05) is 6.54 Å². The summed E-state index contributed by atoms with van der Waals surface area (Å²) in [6.07, 6.45) is 10.7. The molecule has 25 heavy (non-hydrogen) atoms. The first kappa shape index (κ1) is 27.1. The Morgan fingerprint density at radius 3 is 1.80 bits per heavy atom. The number of amides is 1. The van der Waals surface area contributed by atoms with Gasteiger partial charge in [0.05, 0.1) is 12.4 Å². The van der Waals surface area contributed by atoms with E-state index in [9.17, 15) is 23.1 Å². The van der Waals surface area contributed by atoms with Crippen molar-refractivity contribution in [2.75, 3.05) is 6.54 Å². The maximum Gasteiger partial charge on any atom is 1.00 e. The van der Waals surface area contributed by atoms with Crippen molar-refractivity contribution in [3.63, 3.8) is 0 Å². The first-order chi connectivity index (χ1) is 11.3. The molecule has 2 N–H and O–H groups in total. The molecule has 0 aliphatic carbocycles. The largest absolute Gasteiger partial charge is 1.00 e. The number of aliphatic carboxylic acids is 1. The molecule has 0 saturated heterocycles. The smallest absolute Gasteiger partial charge is 0.549 e. The fraction of sp³-hybridized carbons (Fsp3) is 0.875. The van der Waals surface area contributed by atoms with E-state index >= 15 is 0 Å². The molecule has 0 aromatic carbocycles. The minimum atomic E-state index is -4.84. The maximum atomic E-state index is 11.5. The van der Waals surface area contributed by atoms with Crippen LogP contribution in [-0.2, 0) is 19.7 Å². The summed E-state index contributed by atoms with van der Waals surface area (Å²) < 4.78 is 30.4. The number of carboxylic acid groups (broad SMARTS) is 1. The van der Waals surface area contributed by atoms with Gasteiger partial charge in [0.1, 0.15) is 5.25 Å². The van der Waals surface area contributed by atoms with Crippen molar-refractivity contribution in [2.24, 2.45) is 0 Å². The summed E-state index contributed by atoms with van der Waals surface area (Å²) in [5.74, 6) is -2.70. The Kier molecular flexibility index (Phi) is 17.4. The fourth-order valence-electron chi connectivity index (χ4n) is 2.39. The molecule has 0 radical (unpaired) electrons. The number of hydrogen-bond donors (Lipinski definition) is 2. The first-order valence-corrected chi connectivity index (χ1v) is 10.2. The van der Waals surface area contributed by atoms with Crippen LogP contribution in [0, 0.1) is 0 Å². The van der Waals surface area contributed by atoms with E-state index in [-0.39, 0.29) is 29.6 Å². The zero-order valence-electron chi connectivity index (χ0n) is 15.5. The molecular formula is C16H30NNaO6S. The number of rotatable bonds is 15. The van der Waals surface area contributed by atoms with Crippen molar-refractivity contribution < 1.29 is 57.2 Å². The molecule has 1 amide bonds. The molecule has 0 bridgehead atoms. The van der Waals surface area contributed by atoms with Crippen LogP contribution in [-0.4, -0.2) is 36.6 Å². The van der Waals surface area contributed by atoms with Crippen LogP contribution in [0.5, 0.6) is 0 Å². The maximum absolute atomic E-state index is 11.5. The first-order valence-electron chi connectivity index (χ1n) is 8.73. The fourth-order valence-corrected chi connectivity index (χ4v) is 3.00. The van der Waals surface area contributed by atoms with E-state index in [0.717, 1.165) is 25.7 Å². The third-order valence-electron chi connectivity index (χ3n) is 3.85. The van der Waals surface area contributed by atoms with Gasteiger partial charge in [-0.2, -0.15) is 8.42 Å². The molecule has 7 nitrogen and oxygen atoms in total. The molecular weight excluding hydrogens is 357 g/mol. The van der Waals surface area contributed by atoms with Crippen LogP contribution in [0.15, 0.2) is 0 Å². The average molecular weight is 387 g/mol. The van der Waals surface area contributed by atoms with Crippen LogP contribution in [0.4, 0.5) is 0 Å². The normalized spacial score (nSPS) is 12.2. The molecule has 1 atom stereocenters. The van der Waals surface area contributed by atoms with E-state index in [1.807, 2.05) is 0 Å². The Morgan fingerprint density at radius 2 is 1.40 bits per heavy atom. The van der Waals surface area contributed by atoms with Crippen molar-refractivity contribution in [3.05, 3.63) is 0 Å². The number of hydrogen-bond acceptors (Lipinski definition) is 5. The van der Waals surface area contributed by atoms with E-state index in [4.69, 9.17) is 4.55 Å². The number of unbranched alkanes of at least 4 members (excludes halogenated alkanes) is 9. The van der Waals surface area contributed by atoms with E-state index in [2.05, 4.69) is 12.2 Å². The van der Waals surface area contributed by atoms with Gasteiger partial charge in [-0.25, -0.2) is 0 Å². The summed E-state index contributed by atoms with van der Waals surface area (Å²) in [6, 6.07) is 0. The zero-order valence-corrected chi connectivity index (χ0v) is 18.3. The van der Waals surface area contributed by atoms with Gasteiger partial charge in [0.25, 0.3) is 10.1 Å². The molecule has 0 fully saturated rings. The minimum Gasteiger partial charge on any atom is -0.549 e. The van der Waals surface area contributed by atoms with Crippen molar-refractivity contribution in [3.8, 4) is 0 Å². The van der Waals surface area contributed by atoms with Gasteiger partial charge < -0.3 is 15.2 Å². The third kappa shape index (κ3) is 15.8. The quantitative estimate of drug-likeness (QED) is 0.199. The predicted octanol–water partition coefficient (Wildman–Crippen LogP) is -1.58.